The molecule has 0 bridgehead atoms. The van der Waals surface area contributed by atoms with Gasteiger partial charge >= 0.3 is 19.9 Å². The van der Waals surface area contributed by atoms with Crippen LogP contribution < -0.4 is 5.32 Å². The van der Waals surface area contributed by atoms with Crippen molar-refractivity contribution in [2.75, 3.05) is 20.3 Å². The van der Waals surface area contributed by atoms with Crippen molar-refractivity contribution in [3.8, 4) is 0 Å². The van der Waals surface area contributed by atoms with Crippen LogP contribution in [0.1, 0.15) is 31.2 Å². The lowest BCUT2D eigenvalue weighted by Gasteiger charge is -2.38. The number of hydrogen-bond acceptors (Lipinski definition) is 8. The van der Waals surface area contributed by atoms with Gasteiger partial charge in [0, 0.05) is 5.92 Å². The van der Waals surface area contributed by atoms with E-state index in [0.29, 0.717) is 0 Å². The molecular formula is C19H26NO8P. The standard InChI is InChI=1S/C19H26NO8P/c1-24-18(21)16(20-19(22)25-11-14-7-3-2-4-8-14)13-27-29(23)26-12-15-9-5-6-10-17(15)28-29/h2-4,7-8,15-17H,5-6,9-13H2,1H3,(H,20,22)/t15-,16+,17+,29+/m1/s1. The number of carbonyl (C=O) groups is 2. The van der Waals surface area contributed by atoms with Crippen LogP contribution in [0.2, 0.25) is 0 Å². The van der Waals surface area contributed by atoms with Gasteiger partial charge in [-0.1, -0.05) is 43.2 Å². The van der Waals surface area contributed by atoms with E-state index in [0.717, 1.165) is 31.2 Å². The number of alkyl carbamates (subject to hydrolysis) is 1. The van der Waals surface area contributed by atoms with Gasteiger partial charge in [0.25, 0.3) is 0 Å². The molecule has 0 aromatic heterocycles. The summed E-state index contributed by atoms with van der Waals surface area (Å²) in [6, 6.07) is 7.87. The second kappa shape index (κ2) is 10.2. The van der Waals surface area contributed by atoms with Crippen molar-refractivity contribution >= 4 is 19.9 Å². The van der Waals surface area contributed by atoms with Gasteiger partial charge in [-0.3, -0.25) is 13.6 Å². The normalized spacial score (nSPS) is 27.3. The van der Waals surface area contributed by atoms with Crippen LogP contribution >= 0.6 is 7.82 Å². The third-order valence-electron chi connectivity index (χ3n) is 4.94. The molecule has 1 saturated carbocycles. The molecule has 1 saturated heterocycles. The zero-order valence-corrected chi connectivity index (χ0v) is 17.2. The number of nitrogens with one attached hydrogen (secondary N) is 1. The monoisotopic (exact) mass is 427 g/mol. The van der Waals surface area contributed by atoms with Crippen LogP contribution in [0.5, 0.6) is 0 Å². The smallest absolute Gasteiger partial charge is 0.467 e. The maximum Gasteiger partial charge on any atom is 0.475 e. The Morgan fingerprint density at radius 3 is 2.76 bits per heavy atom. The molecule has 0 radical (unpaired) electrons. The van der Waals surface area contributed by atoms with Crippen LogP contribution in [-0.4, -0.2) is 44.5 Å². The Kier molecular flexibility index (Phi) is 7.66. The summed E-state index contributed by atoms with van der Waals surface area (Å²) >= 11 is 0. The first kappa shape index (κ1) is 21.8. The second-order valence-electron chi connectivity index (χ2n) is 7.01. The summed E-state index contributed by atoms with van der Waals surface area (Å²) in [5.74, 6) is -0.558. The Hall–Kier alpha value is -1.93. The van der Waals surface area contributed by atoms with E-state index in [-0.39, 0.29) is 25.2 Å². The number of carbonyl (C=O) groups excluding carboxylic acids is 2. The molecule has 2 aliphatic rings. The highest BCUT2D eigenvalue weighted by atomic mass is 31.2. The average molecular weight is 427 g/mol. The van der Waals surface area contributed by atoms with E-state index < -0.39 is 32.5 Å². The largest absolute Gasteiger partial charge is 0.475 e. The van der Waals surface area contributed by atoms with Gasteiger partial charge in [-0.2, -0.15) is 0 Å². The lowest BCUT2D eigenvalue weighted by atomic mass is 9.87. The van der Waals surface area contributed by atoms with Crippen molar-refractivity contribution < 1.29 is 37.2 Å². The Bertz CT molecular complexity index is 743. The molecule has 160 valence electrons. The van der Waals surface area contributed by atoms with E-state index in [1.807, 2.05) is 18.2 Å². The van der Waals surface area contributed by atoms with Crippen LogP contribution in [0.15, 0.2) is 30.3 Å². The molecule has 3 rings (SSSR count). The minimum absolute atomic E-state index is 0.0369. The average Bonchev–Trinajstić information content (AvgIpc) is 2.75. The molecule has 0 spiro atoms. The molecule has 1 aromatic carbocycles. The van der Waals surface area contributed by atoms with Crippen molar-refractivity contribution in [1.29, 1.82) is 0 Å². The molecule has 1 aromatic rings. The fourth-order valence-electron chi connectivity index (χ4n) is 3.34. The molecule has 4 atom stereocenters. The van der Waals surface area contributed by atoms with Crippen LogP contribution in [0, 0.1) is 5.92 Å². The van der Waals surface area contributed by atoms with Crippen molar-refractivity contribution in [2.24, 2.45) is 5.92 Å². The molecule has 29 heavy (non-hydrogen) atoms. The van der Waals surface area contributed by atoms with E-state index in [1.165, 1.54) is 7.11 Å². The van der Waals surface area contributed by atoms with Crippen molar-refractivity contribution in [1.82, 2.24) is 5.32 Å². The highest BCUT2D eigenvalue weighted by Gasteiger charge is 2.42. The molecule has 1 N–H and O–H groups in total. The molecule has 10 heteroatoms. The SMILES string of the molecule is COC(=O)[C@H](CO[P@]1(=O)OC[C@H]2CCCC[C@@H]2O1)NC(=O)OCc1ccccc1. The minimum atomic E-state index is -3.81. The number of phosphoric ester groups is 1. The second-order valence-corrected chi connectivity index (χ2v) is 8.63. The number of fused-ring (bicyclic) bond motifs is 1. The molecule has 1 aliphatic carbocycles. The van der Waals surface area contributed by atoms with E-state index >= 15 is 0 Å². The highest BCUT2D eigenvalue weighted by molar-refractivity contribution is 7.48. The van der Waals surface area contributed by atoms with E-state index in [9.17, 15) is 14.2 Å². The fraction of sp³-hybridized carbons (Fsp3) is 0.579. The number of hydrogen-bond donors (Lipinski definition) is 1. The third-order valence-corrected chi connectivity index (χ3v) is 6.40. The van der Waals surface area contributed by atoms with Crippen LogP contribution in [-0.2, 0) is 39.0 Å². The number of phosphoric acid groups is 1. The van der Waals surface area contributed by atoms with Gasteiger partial charge < -0.3 is 14.8 Å². The molecule has 0 unspecified atom stereocenters. The Morgan fingerprint density at radius 1 is 1.24 bits per heavy atom. The number of rotatable bonds is 7. The topological polar surface area (TPSA) is 109 Å². The molecular weight excluding hydrogens is 401 g/mol. The quantitative estimate of drug-likeness (QED) is 0.522. The Balaban J connectivity index is 1.51. The first-order chi connectivity index (χ1) is 14.0. The van der Waals surface area contributed by atoms with Crippen LogP contribution in [0.4, 0.5) is 4.79 Å². The van der Waals surface area contributed by atoms with Crippen molar-refractivity contribution in [3.05, 3.63) is 35.9 Å². The molecule has 1 heterocycles. The van der Waals surface area contributed by atoms with Gasteiger partial charge in [0.05, 0.1) is 26.4 Å². The van der Waals surface area contributed by atoms with Gasteiger partial charge in [0.2, 0.25) is 0 Å². The minimum Gasteiger partial charge on any atom is -0.467 e. The Morgan fingerprint density at radius 2 is 2.00 bits per heavy atom. The predicted octanol–water partition coefficient (Wildman–Crippen LogP) is 3.18. The summed E-state index contributed by atoms with van der Waals surface area (Å²) in [6.07, 6.45) is 2.85. The highest BCUT2D eigenvalue weighted by Crippen LogP contribution is 2.56. The maximum atomic E-state index is 12.7. The summed E-state index contributed by atoms with van der Waals surface area (Å²) in [6.45, 7) is -0.103. The fourth-order valence-corrected chi connectivity index (χ4v) is 4.85. The summed E-state index contributed by atoms with van der Waals surface area (Å²) in [7, 11) is -2.64. The number of methoxy groups -OCH3 is 1. The zero-order valence-electron chi connectivity index (χ0n) is 16.3. The molecule has 2 fully saturated rings. The predicted molar refractivity (Wildman–Crippen MR) is 102 cm³/mol. The lowest BCUT2D eigenvalue weighted by molar-refractivity contribution is -0.144. The summed E-state index contributed by atoms with van der Waals surface area (Å²) in [4.78, 5) is 24.0. The van der Waals surface area contributed by atoms with Gasteiger partial charge in [-0.25, -0.2) is 14.2 Å². The maximum absolute atomic E-state index is 12.7. The van der Waals surface area contributed by atoms with Crippen LogP contribution in [0.3, 0.4) is 0 Å². The molecule has 9 nitrogen and oxygen atoms in total. The molecule has 1 amide bonds. The van der Waals surface area contributed by atoms with E-state index in [4.69, 9.17) is 18.3 Å². The third kappa shape index (κ3) is 6.27. The first-order valence-corrected chi connectivity index (χ1v) is 11.1. The number of benzene rings is 1. The van der Waals surface area contributed by atoms with Gasteiger partial charge in [0.15, 0.2) is 6.04 Å². The van der Waals surface area contributed by atoms with Gasteiger partial charge in [-0.05, 0) is 18.4 Å². The number of ether oxygens (including phenoxy) is 2. The first-order valence-electron chi connectivity index (χ1n) is 9.61. The van der Waals surface area contributed by atoms with E-state index in [2.05, 4.69) is 10.1 Å². The zero-order chi connectivity index (χ0) is 20.7. The van der Waals surface area contributed by atoms with Gasteiger partial charge in [0.1, 0.15) is 6.61 Å². The van der Waals surface area contributed by atoms with Crippen LogP contribution in [0.25, 0.3) is 0 Å². The van der Waals surface area contributed by atoms with E-state index in [1.54, 1.807) is 12.1 Å². The molecule has 1 aliphatic heterocycles. The summed E-state index contributed by atoms with van der Waals surface area (Å²) in [5.41, 5.74) is 0.795. The summed E-state index contributed by atoms with van der Waals surface area (Å²) in [5, 5.41) is 2.36. The Labute approximate surface area is 169 Å². The summed E-state index contributed by atoms with van der Waals surface area (Å²) < 4.78 is 38.7. The van der Waals surface area contributed by atoms with Gasteiger partial charge in [-0.15, -0.1) is 0 Å². The number of amides is 1. The van der Waals surface area contributed by atoms with Crippen molar-refractivity contribution in [2.45, 2.75) is 44.4 Å². The number of esters is 1. The lowest BCUT2D eigenvalue weighted by Crippen LogP contribution is -2.45. The van der Waals surface area contributed by atoms with Crippen molar-refractivity contribution in [3.63, 3.8) is 0 Å².